The highest BCUT2D eigenvalue weighted by Gasteiger charge is 2.29. The van der Waals surface area contributed by atoms with E-state index in [-0.39, 0.29) is 12.0 Å². The fraction of sp³-hybridized carbons (Fsp3) is 0.167. The maximum Gasteiger partial charge on any atom is 0.132 e. The lowest BCUT2D eigenvalue weighted by Crippen LogP contribution is -2.48. The molecule has 0 amide bonds. The fourth-order valence-electron chi connectivity index (χ4n) is 1.75. The van der Waals surface area contributed by atoms with E-state index in [4.69, 9.17) is 11.5 Å². The van der Waals surface area contributed by atoms with Crippen LogP contribution >= 0.6 is 0 Å². The summed E-state index contributed by atoms with van der Waals surface area (Å²) < 4.78 is 27.4. The molecule has 0 saturated carbocycles. The van der Waals surface area contributed by atoms with Gasteiger partial charge in [0.15, 0.2) is 0 Å². The number of rotatable bonds is 1. The van der Waals surface area contributed by atoms with Crippen LogP contribution in [0.4, 0.5) is 8.78 Å². The highest BCUT2D eigenvalue weighted by atomic mass is 19.1. The molecule has 0 aromatic heterocycles. The number of hydrogen-bond donors (Lipinski definition) is 2. The van der Waals surface area contributed by atoms with Gasteiger partial charge in [-0.1, -0.05) is 30.3 Å². The van der Waals surface area contributed by atoms with Crippen molar-refractivity contribution >= 4 is 5.57 Å². The second kappa shape index (κ2) is 3.81. The standard InChI is InChI=1S/C12H12F2N2/c13-9-6-12(15,16)7-10(14)11(9)8-4-2-1-3-5-8/h1-6H,7,15-16H2. The van der Waals surface area contributed by atoms with Crippen molar-refractivity contribution in [1.82, 2.24) is 0 Å². The van der Waals surface area contributed by atoms with Crippen molar-refractivity contribution in [2.24, 2.45) is 11.5 Å². The largest absolute Gasteiger partial charge is 0.310 e. The third kappa shape index (κ3) is 2.03. The Labute approximate surface area is 92.2 Å². The van der Waals surface area contributed by atoms with Crippen LogP contribution in [0.3, 0.4) is 0 Å². The Morgan fingerprint density at radius 2 is 1.69 bits per heavy atom. The van der Waals surface area contributed by atoms with Gasteiger partial charge in [0, 0.05) is 12.0 Å². The zero-order valence-electron chi connectivity index (χ0n) is 8.58. The Bertz CT molecular complexity index is 461. The molecule has 1 aromatic carbocycles. The third-order valence-electron chi connectivity index (χ3n) is 2.43. The summed E-state index contributed by atoms with van der Waals surface area (Å²) >= 11 is 0. The molecule has 2 nitrogen and oxygen atoms in total. The molecule has 4 heteroatoms. The van der Waals surface area contributed by atoms with Gasteiger partial charge in [-0.2, -0.15) is 0 Å². The van der Waals surface area contributed by atoms with Crippen LogP contribution in [-0.4, -0.2) is 5.66 Å². The quantitative estimate of drug-likeness (QED) is 0.716. The number of benzene rings is 1. The molecular formula is C12H12F2N2. The second-order valence-electron chi connectivity index (χ2n) is 3.93. The Morgan fingerprint density at radius 1 is 1.06 bits per heavy atom. The minimum absolute atomic E-state index is 0.0490. The predicted octanol–water partition coefficient (Wildman–Crippen LogP) is 2.24. The first-order valence-corrected chi connectivity index (χ1v) is 4.90. The molecule has 0 atom stereocenters. The lowest BCUT2D eigenvalue weighted by atomic mass is 9.92. The van der Waals surface area contributed by atoms with Gasteiger partial charge in [-0.25, -0.2) is 8.78 Å². The van der Waals surface area contributed by atoms with Crippen molar-refractivity contribution in [2.45, 2.75) is 12.1 Å². The highest BCUT2D eigenvalue weighted by Crippen LogP contribution is 2.36. The zero-order valence-corrected chi connectivity index (χ0v) is 8.58. The van der Waals surface area contributed by atoms with Crippen molar-refractivity contribution in [3.63, 3.8) is 0 Å². The van der Waals surface area contributed by atoms with E-state index in [0.29, 0.717) is 5.56 Å². The first-order valence-electron chi connectivity index (χ1n) is 4.90. The molecule has 0 fully saturated rings. The molecule has 84 valence electrons. The van der Waals surface area contributed by atoms with Crippen LogP contribution in [0.1, 0.15) is 12.0 Å². The monoisotopic (exact) mass is 222 g/mol. The van der Waals surface area contributed by atoms with E-state index in [1.54, 1.807) is 30.3 Å². The minimum Gasteiger partial charge on any atom is -0.310 e. The highest BCUT2D eigenvalue weighted by molar-refractivity contribution is 5.80. The van der Waals surface area contributed by atoms with Gasteiger partial charge in [-0.15, -0.1) is 0 Å². The Kier molecular flexibility index (Phi) is 2.61. The first-order chi connectivity index (χ1) is 7.49. The van der Waals surface area contributed by atoms with E-state index in [2.05, 4.69) is 0 Å². The average Bonchev–Trinajstić information content (AvgIpc) is 2.16. The summed E-state index contributed by atoms with van der Waals surface area (Å²) in [4.78, 5) is 0. The normalized spacial score (nSPS) is 19.6. The van der Waals surface area contributed by atoms with Crippen LogP contribution in [0, 0.1) is 0 Å². The molecule has 1 aromatic rings. The molecule has 0 saturated heterocycles. The van der Waals surface area contributed by atoms with Crippen molar-refractivity contribution < 1.29 is 8.78 Å². The second-order valence-corrected chi connectivity index (χ2v) is 3.93. The molecule has 0 heterocycles. The third-order valence-corrected chi connectivity index (χ3v) is 2.43. The van der Waals surface area contributed by atoms with Crippen molar-refractivity contribution in [3.05, 3.63) is 53.6 Å². The molecule has 2 rings (SSSR count). The number of hydrogen-bond acceptors (Lipinski definition) is 2. The molecule has 0 unspecified atom stereocenters. The van der Waals surface area contributed by atoms with Crippen molar-refractivity contribution in [2.75, 3.05) is 0 Å². The van der Waals surface area contributed by atoms with Gasteiger partial charge in [-0.05, 0) is 11.6 Å². The van der Waals surface area contributed by atoms with E-state index in [9.17, 15) is 8.78 Å². The van der Waals surface area contributed by atoms with Crippen LogP contribution in [0.5, 0.6) is 0 Å². The zero-order chi connectivity index (χ0) is 11.8. The number of allylic oxidation sites excluding steroid dienone is 2. The van der Waals surface area contributed by atoms with Crippen LogP contribution in [-0.2, 0) is 0 Å². The molecule has 1 aliphatic carbocycles. The Hall–Kier alpha value is -1.52. The molecule has 4 N–H and O–H groups in total. The van der Waals surface area contributed by atoms with Gasteiger partial charge in [0.2, 0.25) is 0 Å². The predicted molar refractivity (Wildman–Crippen MR) is 59.4 cm³/mol. The molecular weight excluding hydrogens is 210 g/mol. The van der Waals surface area contributed by atoms with E-state index in [0.717, 1.165) is 6.08 Å². The van der Waals surface area contributed by atoms with Crippen LogP contribution in [0.25, 0.3) is 5.57 Å². The average molecular weight is 222 g/mol. The van der Waals surface area contributed by atoms with Gasteiger partial charge >= 0.3 is 0 Å². The first kappa shape index (κ1) is 11.0. The summed E-state index contributed by atoms with van der Waals surface area (Å²) in [5.41, 5.74) is 9.98. The summed E-state index contributed by atoms with van der Waals surface area (Å²) in [6.07, 6.45) is 0.864. The van der Waals surface area contributed by atoms with Crippen LogP contribution in [0.2, 0.25) is 0 Å². The lowest BCUT2D eigenvalue weighted by molar-refractivity contribution is 0.450. The maximum absolute atomic E-state index is 13.7. The van der Waals surface area contributed by atoms with Gasteiger partial charge in [0.05, 0.1) is 5.66 Å². The lowest BCUT2D eigenvalue weighted by Gasteiger charge is -2.25. The molecule has 1 aliphatic rings. The van der Waals surface area contributed by atoms with E-state index in [1.807, 2.05) is 0 Å². The fourth-order valence-corrected chi connectivity index (χ4v) is 1.75. The minimum atomic E-state index is -1.44. The molecule has 16 heavy (non-hydrogen) atoms. The summed E-state index contributed by atoms with van der Waals surface area (Å²) in [6.45, 7) is 0. The Morgan fingerprint density at radius 3 is 2.25 bits per heavy atom. The van der Waals surface area contributed by atoms with Gasteiger partial charge in [0.25, 0.3) is 0 Å². The topological polar surface area (TPSA) is 52.0 Å². The van der Waals surface area contributed by atoms with Crippen molar-refractivity contribution in [3.8, 4) is 0 Å². The van der Waals surface area contributed by atoms with Crippen molar-refractivity contribution in [1.29, 1.82) is 0 Å². The number of nitrogens with two attached hydrogens (primary N) is 2. The van der Waals surface area contributed by atoms with E-state index >= 15 is 0 Å². The Balaban J connectivity index is 2.47. The number of halogens is 2. The van der Waals surface area contributed by atoms with Gasteiger partial charge in [-0.3, -0.25) is 0 Å². The SMILES string of the molecule is NC1(N)C=C(F)C(c2ccccc2)=C(F)C1. The maximum atomic E-state index is 13.7. The smallest absolute Gasteiger partial charge is 0.132 e. The molecule has 0 aliphatic heterocycles. The van der Waals surface area contributed by atoms with Crippen LogP contribution in [0.15, 0.2) is 48.1 Å². The summed E-state index contributed by atoms with van der Waals surface area (Å²) in [5.74, 6) is -1.32. The van der Waals surface area contributed by atoms with Crippen LogP contribution < -0.4 is 11.5 Å². The summed E-state index contributed by atoms with van der Waals surface area (Å²) in [6, 6.07) is 8.50. The molecule has 0 radical (unpaired) electrons. The van der Waals surface area contributed by atoms with E-state index in [1.165, 1.54) is 0 Å². The molecule has 0 spiro atoms. The van der Waals surface area contributed by atoms with Gasteiger partial charge < -0.3 is 11.5 Å². The summed E-state index contributed by atoms with van der Waals surface area (Å²) in [5, 5.41) is 0. The van der Waals surface area contributed by atoms with E-state index < -0.39 is 17.3 Å². The molecule has 0 bridgehead atoms. The van der Waals surface area contributed by atoms with Gasteiger partial charge in [0.1, 0.15) is 11.7 Å². The summed E-state index contributed by atoms with van der Waals surface area (Å²) in [7, 11) is 0.